The van der Waals surface area contributed by atoms with E-state index < -0.39 is 0 Å². The Morgan fingerprint density at radius 2 is 2.40 bits per heavy atom. The van der Waals surface area contributed by atoms with E-state index in [2.05, 4.69) is 17.3 Å². The van der Waals surface area contributed by atoms with Crippen molar-refractivity contribution in [2.45, 2.75) is 32.3 Å². The molecule has 1 aliphatic rings. The molecule has 0 spiro atoms. The lowest BCUT2D eigenvalue weighted by Gasteiger charge is -2.12. The molecule has 2 unspecified atom stereocenters. The minimum atomic E-state index is -0.381. The SMILES string of the molecule is CC(O)CCC(=O)NCC1CCN(C)C1. The molecule has 0 aromatic heterocycles. The molecule has 0 aliphatic carbocycles. The molecule has 2 atom stereocenters. The maximum Gasteiger partial charge on any atom is 0.220 e. The highest BCUT2D eigenvalue weighted by Gasteiger charge is 2.19. The summed E-state index contributed by atoms with van der Waals surface area (Å²) in [6, 6.07) is 0. The number of aliphatic hydroxyl groups excluding tert-OH is 1. The summed E-state index contributed by atoms with van der Waals surface area (Å²) in [5, 5.41) is 12.0. The van der Waals surface area contributed by atoms with Crippen LogP contribution in [0.4, 0.5) is 0 Å². The summed E-state index contributed by atoms with van der Waals surface area (Å²) in [7, 11) is 2.11. The lowest BCUT2D eigenvalue weighted by atomic mass is 10.1. The van der Waals surface area contributed by atoms with E-state index in [0.717, 1.165) is 19.6 Å². The molecule has 0 radical (unpaired) electrons. The van der Waals surface area contributed by atoms with E-state index in [9.17, 15) is 4.79 Å². The second-order valence-corrected chi connectivity index (χ2v) is 4.61. The van der Waals surface area contributed by atoms with Gasteiger partial charge in [-0.1, -0.05) is 0 Å². The van der Waals surface area contributed by atoms with Crippen LogP contribution < -0.4 is 5.32 Å². The number of hydrogen-bond donors (Lipinski definition) is 2. The molecule has 0 aromatic rings. The number of carbonyl (C=O) groups is 1. The Morgan fingerprint density at radius 1 is 1.67 bits per heavy atom. The molecule has 88 valence electrons. The topological polar surface area (TPSA) is 52.6 Å². The summed E-state index contributed by atoms with van der Waals surface area (Å²) < 4.78 is 0. The van der Waals surface area contributed by atoms with Crippen molar-refractivity contribution < 1.29 is 9.90 Å². The number of nitrogens with zero attached hydrogens (tertiary/aromatic N) is 1. The first-order valence-electron chi connectivity index (χ1n) is 5.71. The molecular formula is C11H22N2O2. The van der Waals surface area contributed by atoms with Gasteiger partial charge in [-0.3, -0.25) is 4.79 Å². The van der Waals surface area contributed by atoms with Crippen molar-refractivity contribution in [2.75, 3.05) is 26.7 Å². The van der Waals surface area contributed by atoms with Gasteiger partial charge >= 0.3 is 0 Å². The average Bonchev–Trinajstić information content (AvgIpc) is 2.58. The number of amides is 1. The molecule has 4 nitrogen and oxygen atoms in total. The minimum absolute atomic E-state index is 0.0606. The summed E-state index contributed by atoms with van der Waals surface area (Å²) in [4.78, 5) is 13.6. The van der Waals surface area contributed by atoms with Crippen LogP contribution in [-0.4, -0.2) is 48.7 Å². The number of carbonyl (C=O) groups excluding carboxylic acids is 1. The van der Waals surface area contributed by atoms with Gasteiger partial charge in [0.25, 0.3) is 0 Å². The van der Waals surface area contributed by atoms with E-state index >= 15 is 0 Å². The van der Waals surface area contributed by atoms with E-state index in [1.165, 1.54) is 6.42 Å². The van der Waals surface area contributed by atoms with E-state index in [1.807, 2.05) is 0 Å². The normalized spacial score (nSPS) is 24.1. The lowest BCUT2D eigenvalue weighted by molar-refractivity contribution is -0.121. The third-order valence-corrected chi connectivity index (χ3v) is 2.87. The third-order valence-electron chi connectivity index (χ3n) is 2.87. The predicted octanol–water partition coefficient (Wildman–Crippen LogP) is 0.215. The average molecular weight is 214 g/mol. The number of hydrogen-bond acceptors (Lipinski definition) is 3. The predicted molar refractivity (Wildman–Crippen MR) is 59.5 cm³/mol. The Bertz CT molecular complexity index is 207. The molecule has 1 saturated heterocycles. The van der Waals surface area contributed by atoms with Gasteiger partial charge in [0.2, 0.25) is 5.91 Å². The van der Waals surface area contributed by atoms with E-state index in [0.29, 0.717) is 18.8 Å². The van der Waals surface area contributed by atoms with Gasteiger partial charge < -0.3 is 15.3 Å². The molecule has 1 rings (SSSR count). The standard InChI is InChI=1S/C11H22N2O2/c1-9(14)3-4-11(15)12-7-10-5-6-13(2)8-10/h9-10,14H,3-8H2,1-2H3,(H,12,15). The van der Waals surface area contributed by atoms with Gasteiger partial charge in [0, 0.05) is 19.5 Å². The van der Waals surface area contributed by atoms with Gasteiger partial charge in [0.15, 0.2) is 0 Å². The zero-order valence-corrected chi connectivity index (χ0v) is 9.70. The fraction of sp³-hybridized carbons (Fsp3) is 0.909. The molecule has 1 aliphatic heterocycles. The lowest BCUT2D eigenvalue weighted by Crippen LogP contribution is -2.30. The fourth-order valence-corrected chi connectivity index (χ4v) is 1.88. The number of aliphatic hydroxyl groups is 1. The smallest absolute Gasteiger partial charge is 0.220 e. The number of rotatable bonds is 5. The van der Waals surface area contributed by atoms with Gasteiger partial charge in [-0.05, 0) is 39.3 Å². The highest BCUT2D eigenvalue weighted by molar-refractivity contribution is 5.75. The van der Waals surface area contributed by atoms with E-state index in [1.54, 1.807) is 6.92 Å². The first-order valence-corrected chi connectivity index (χ1v) is 5.71. The van der Waals surface area contributed by atoms with Gasteiger partial charge in [-0.2, -0.15) is 0 Å². The molecule has 4 heteroatoms. The third kappa shape index (κ3) is 5.14. The second-order valence-electron chi connectivity index (χ2n) is 4.61. The Balaban J connectivity index is 2.06. The van der Waals surface area contributed by atoms with Crippen molar-refractivity contribution in [3.8, 4) is 0 Å². The molecule has 1 heterocycles. The number of likely N-dealkylation sites (tertiary alicyclic amines) is 1. The minimum Gasteiger partial charge on any atom is -0.393 e. The fourth-order valence-electron chi connectivity index (χ4n) is 1.88. The molecule has 2 N–H and O–H groups in total. The summed E-state index contributed by atoms with van der Waals surface area (Å²) in [6.45, 7) is 4.70. The molecule has 0 aromatic carbocycles. The van der Waals surface area contributed by atoms with Crippen molar-refractivity contribution in [1.82, 2.24) is 10.2 Å². The molecule has 0 saturated carbocycles. The molecule has 15 heavy (non-hydrogen) atoms. The monoisotopic (exact) mass is 214 g/mol. The Labute approximate surface area is 91.6 Å². The molecule has 0 bridgehead atoms. The van der Waals surface area contributed by atoms with Crippen LogP contribution in [0.3, 0.4) is 0 Å². The first-order chi connectivity index (χ1) is 7.08. The summed E-state index contributed by atoms with van der Waals surface area (Å²) in [5.41, 5.74) is 0. The highest BCUT2D eigenvalue weighted by Crippen LogP contribution is 2.12. The maximum atomic E-state index is 11.3. The Morgan fingerprint density at radius 3 is 2.93 bits per heavy atom. The van der Waals surface area contributed by atoms with Crippen LogP contribution >= 0.6 is 0 Å². The maximum absolute atomic E-state index is 11.3. The summed E-state index contributed by atoms with van der Waals surface area (Å²) in [5.74, 6) is 0.663. The van der Waals surface area contributed by atoms with Crippen LogP contribution in [0.5, 0.6) is 0 Å². The van der Waals surface area contributed by atoms with Crippen molar-refractivity contribution in [2.24, 2.45) is 5.92 Å². The van der Waals surface area contributed by atoms with Crippen molar-refractivity contribution in [3.63, 3.8) is 0 Å². The summed E-state index contributed by atoms with van der Waals surface area (Å²) in [6.07, 6.45) is 1.78. The van der Waals surface area contributed by atoms with Gasteiger partial charge in [-0.15, -0.1) is 0 Å². The van der Waals surface area contributed by atoms with E-state index in [-0.39, 0.29) is 12.0 Å². The molecule has 1 fully saturated rings. The van der Waals surface area contributed by atoms with Crippen molar-refractivity contribution in [3.05, 3.63) is 0 Å². The highest BCUT2D eigenvalue weighted by atomic mass is 16.3. The Hall–Kier alpha value is -0.610. The van der Waals surface area contributed by atoms with Gasteiger partial charge in [0.1, 0.15) is 0 Å². The van der Waals surface area contributed by atoms with Crippen LogP contribution in [0.15, 0.2) is 0 Å². The quantitative estimate of drug-likeness (QED) is 0.688. The zero-order chi connectivity index (χ0) is 11.3. The van der Waals surface area contributed by atoms with E-state index in [4.69, 9.17) is 5.11 Å². The summed E-state index contributed by atoms with van der Waals surface area (Å²) >= 11 is 0. The zero-order valence-electron chi connectivity index (χ0n) is 9.70. The van der Waals surface area contributed by atoms with Gasteiger partial charge in [-0.25, -0.2) is 0 Å². The Kier molecular flexibility index (Phi) is 5.05. The number of nitrogens with one attached hydrogen (secondary N) is 1. The van der Waals surface area contributed by atoms with Crippen LogP contribution in [0, 0.1) is 5.92 Å². The van der Waals surface area contributed by atoms with Crippen LogP contribution in [0.2, 0.25) is 0 Å². The molecule has 1 amide bonds. The van der Waals surface area contributed by atoms with Crippen LogP contribution in [-0.2, 0) is 4.79 Å². The van der Waals surface area contributed by atoms with Crippen molar-refractivity contribution in [1.29, 1.82) is 0 Å². The largest absolute Gasteiger partial charge is 0.393 e. The van der Waals surface area contributed by atoms with Crippen LogP contribution in [0.25, 0.3) is 0 Å². The second kappa shape index (κ2) is 6.08. The van der Waals surface area contributed by atoms with Crippen LogP contribution in [0.1, 0.15) is 26.2 Å². The first kappa shape index (κ1) is 12.5. The molecular weight excluding hydrogens is 192 g/mol. The van der Waals surface area contributed by atoms with Crippen molar-refractivity contribution >= 4 is 5.91 Å². The van der Waals surface area contributed by atoms with Gasteiger partial charge in [0.05, 0.1) is 6.10 Å².